The zero-order valence-corrected chi connectivity index (χ0v) is 18.8. The molecule has 1 saturated carbocycles. The Morgan fingerprint density at radius 3 is 2.43 bits per heavy atom. The van der Waals surface area contributed by atoms with Crippen molar-refractivity contribution < 1.29 is 22.8 Å². The Morgan fingerprint density at radius 1 is 1.23 bits per heavy atom. The molecule has 3 rings (SSSR count). The first kappa shape index (κ1) is 22.4. The number of ether oxygens (including phenoxy) is 1. The zero-order valence-electron chi connectivity index (χ0n) is 18.0. The number of carbonyl (C=O) groups excluding carboxylic acids is 1. The van der Waals surface area contributed by atoms with Crippen LogP contribution in [0, 0.1) is 11.3 Å². The third-order valence-electron chi connectivity index (χ3n) is 5.84. The number of nitrogens with one attached hydrogen (secondary N) is 2. The molecule has 0 unspecified atom stereocenters. The minimum absolute atomic E-state index is 0.254. The molecule has 1 heterocycles. The number of alkyl carbamates (subject to hydrolysis) is 1. The maximum Gasteiger partial charge on any atom is 0.414 e. The van der Waals surface area contributed by atoms with Crippen molar-refractivity contribution in [2.45, 2.75) is 65.0 Å². The molecule has 1 spiro atoms. The number of sulfonamides is 1. The van der Waals surface area contributed by atoms with E-state index in [-0.39, 0.29) is 12.1 Å². The molecule has 1 aromatic carbocycles. The van der Waals surface area contributed by atoms with Crippen LogP contribution in [-0.2, 0) is 26.1 Å². The minimum atomic E-state index is -3.32. The lowest BCUT2D eigenvalue weighted by Crippen LogP contribution is -2.38. The number of oxime groups is 1. The summed E-state index contributed by atoms with van der Waals surface area (Å²) in [7, 11) is -3.32. The van der Waals surface area contributed by atoms with Crippen LogP contribution in [0.15, 0.2) is 29.4 Å². The molecule has 9 heteroatoms. The maximum absolute atomic E-state index is 12.1. The highest BCUT2D eigenvalue weighted by molar-refractivity contribution is 7.92. The molecule has 1 aliphatic carbocycles. The van der Waals surface area contributed by atoms with Gasteiger partial charge in [0.25, 0.3) is 0 Å². The first-order valence-electron chi connectivity index (χ1n) is 10.2. The molecule has 2 aliphatic rings. The van der Waals surface area contributed by atoms with Gasteiger partial charge in [0.05, 0.1) is 12.7 Å². The van der Waals surface area contributed by atoms with E-state index in [1.54, 1.807) is 24.3 Å². The van der Waals surface area contributed by atoms with E-state index in [2.05, 4.69) is 36.0 Å². The van der Waals surface area contributed by atoms with Gasteiger partial charge in [-0.3, -0.25) is 4.72 Å². The predicted octanol–water partition coefficient (Wildman–Crippen LogP) is 3.99. The molecule has 30 heavy (non-hydrogen) atoms. The van der Waals surface area contributed by atoms with Crippen LogP contribution in [0.25, 0.3) is 0 Å². The van der Waals surface area contributed by atoms with Crippen molar-refractivity contribution in [3.63, 3.8) is 0 Å². The van der Waals surface area contributed by atoms with Crippen LogP contribution >= 0.6 is 0 Å². The first-order chi connectivity index (χ1) is 13.9. The topological polar surface area (TPSA) is 106 Å². The van der Waals surface area contributed by atoms with Gasteiger partial charge in [0.1, 0.15) is 5.60 Å². The highest BCUT2D eigenvalue weighted by Gasteiger charge is 2.45. The fourth-order valence-corrected chi connectivity index (χ4v) is 4.61. The lowest BCUT2D eigenvalue weighted by Gasteiger charge is -2.40. The van der Waals surface area contributed by atoms with Gasteiger partial charge in [0.15, 0.2) is 0 Å². The summed E-state index contributed by atoms with van der Waals surface area (Å²) in [6, 6.07) is 6.73. The van der Waals surface area contributed by atoms with Crippen LogP contribution in [-0.4, -0.2) is 32.3 Å². The van der Waals surface area contributed by atoms with Gasteiger partial charge in [-0.25, -0.2) is 13.2 Å². The second-order valence-corrected chi connectivity index (χ2v) is 11.1. The Balaban J connectivity index is 1.43. The monoisotopic (exact) mass is 437 g/mol. The lowest BCUT2D eigenvalue weighted by atomic mass is 9.68. The second kappa shape index (κ2) is 8.45. The van der Waals surface area contributed by atoms with E-state index in [9.17, 15) is 13.2 Å². The molecule has 0 atom stereocenters. The highest BCUT2D eigenvalue weighted by atomic mass is 32.2. The number of nitrogens with zero attached hydrogens (tertiary/aromatic N) is 1. The lowest BCUT2D eigenvalue weighted by molar-refractivity contribution is -0.0640. The number of amides is 1. The van der Waals surface area contributed by atoms with Crippen LogP contribution in [0.4, 0.5) is 10.5 Å². The molecular formula is C21H31N3O5S. The van der Waals surface area contributed by atoms with Gasteiger partial charge in [0, 0.05) is 12.2 Å². The minimum Gasteiger partial charge on any atom is -0.392 e. The Hall–Kier alpha value is -2.29. The van der Waals surface area contributed by atoms with Crippen LogP contribution in [0.2, 0.25) is 0 Å². The molecule has 2 N–H and O–H groups in total. The van der Waals surface area contributed by atoms with E-state index >= 15 is 0 Å². The molecule has 0 bridgehead atoms. The summed E-state index contributed by atoms with van der Waals surface area (Å²) in [5.74, 6) is 0.980. The molecule has 1 amide bonds. The van der Waals surface area contributed by atoms with E-state index < -0.39 is 16.1 Å². The third kappa shape index (κ3) is 6.10. The van der Waals surface area contributed by atoms with Crippen LogP contribution < -0.4 is 10.0 Å². The third-order valence-corrected chi connectivity index (χ3v) is 6.45. The fraction of sp³-hybridized carbons (Fsp3) is 0.619. The van der Waals surface area contributed by atoms with Gasteiger partial charge >= 0.3 is 6.09 Å². The van der Waals surface area contributed by atoms with Crippen molar-refractivity contribution >= 4 is 27.7 Å². The highest BCUT2D eigenvalue weighted by Crippen LogP contribution is 2.46. The van der Waals surface area contributed by atoms with Crippen LogP contribution in [0.5, 0.6) is 0 Å². The van der Waals surface area contributed by atoms with E-state index in [1.165, 1.54) is 0 Å². The Bertz CT molecular complexity index is 896. The quantitative estimate of drug-likeness (QED) is 0.741. The molecule has 0 saturated heterocycles. The number of hydrogen-bond donors (Lipinski definition) is 2. The number of rotatable bonds is 4. The summed E-state index contributed by atoms with van der Waals surface area (Å²) in [4.78, 5) is 17.8. The van der Waals surface area contributed by atoms with Crippen molar-refractivity contribution in [3.05, 3.63) is 29.8 Å². The predicted molar refractivity (Wildman–Crippen MR) is 116 cm³/mol. The summed E-state index contributed by atoms with van der Waals surface area (Å²) in [6.45, 7) is 7.08. The van der Waals surface area contributed by atoms with Gasteiger partial charge < -0.3 is 14.9 Å². The molecule has 1 aromatic rings. The summed E-state index contributed by atoms with van der Waals surface area (Å²) < 4.78 is 30.2. The van der Waals surface area contributed by atoms with Crippen LogP contribution in [0.3, 0.4) is 0 Å². The van der Waals surface area contributed by atoms with Gasteiger partial charge in [-0.1, -0.05) is 38.1 Å². The van der Waals surface area contributed by atoms with E-state index in [1.807, 2.05) is 0 Å². The normalized spacial score (nSPS) is 24.1. The van der Waals surface area contributed by atoms with E-state index in [0.29, 0.717) is 29.3 Å². The maximum atomic E-state index is 12.1. The summed E-state index contributed by atoms with van der Waals surface area (Å²) in [6.07, 6.45) is 5.03. The van der Waals surface area contributed by atoms with Gasteiger partial charge in [-0.15, -0.1) is 0 Å². The molecule has 1 aliphatic heterocycles. The molecule has 166 valence electrons. The zero-order chi connectivity index (χ0) is 22.0. The number of carbonyl (C=O) groups is 1. The van der Waals surface area contributed by atoms with Gasteiger partial charge in [-0.05, 0) is 54.7 Å². The standard InChI is InChI=1S/C21H31N3O5S/c1-20(2,3)16-9-11-21(12-10-16)13-18(23-29-21)28-19(25)22-14-15-5-7-17(8-6-15)24-30(4,26)27/h5-8,16,24H,9-14H2,1-4H3,(H,22,25). The van der Waals surface area contributed by atoms with E-state index in [4.69, 9.17) is 9.57 Å². The molecule has 0 aromatic heterocycles. The van der Waals surface area contributed by atoms with Crippen molar-refractivity contribution in [1.82, 2.24) is 5.32 Å². The van der Waals surface area contributed by atoms with E-state index in [0.717, 1.165) is 37.5 Å². The SMILES string of the molecule is CC(C)(C)C1CCC2(CC1)CC(OC(=O)NCc1ccc(NS(C)(=O)=O)cc1)=NO2. The van der Waals surface area contributed by atoms with Crippen molar-refractivity contribution in [2.24, 2.45) is 16.5 Å². The molecular weight excluding hydrogens is 406 g/mol. The average molecular weight is 438 g/mol. The molecule has 0 radical (unpaired) electrons. The van der Waals surface area contributed by atoms with Crippen molar-refractivity contribution in [3.8, 4) is 0 Å². The average Bonchev–Trinajstić information content (AvgIpc) is 3.01. The van der Waals surface area contributed by atoms with Crippen molar-refractivity contribution in [1.29, 1.82) is 0 Å². The Labute approximate surface area is 178 Å². The van der Waals surface area contributed by atoms with Gasteiger partial charge in [-0.2, -0.15) is 0 Å². The number of hydrogen-bond acceptors (Lipinski definition) is 6. The van der Waals surface area contributed by atoms with Gasteiger partial charge in [0.2, 0.25) is 15.9 Å². The summed E-state index contributed by atoms with van der Waals surface area (Å²) in [5, 5.41) is 6.68. The largest absolute Gasteiger partial charge is 0.414 e. The second-order valence-electron chi connectivity index (χ2n) is 9.39. The van der Waals surface area contributed by atoms with Crippen molar-refractivity contribution in [2.75, 3.05) is 11.0 Å². The number of benzene rings is 1. The Morgan fingerprint density at radius 2 is 1.87 bits per heavy atom. The van der Waals surface area contributed by atoms with Crippen LogP contribution in [0.1, 0.15) is 58.4 Å². The first-order valence-corrected chi connectivity index (χ1v) is 12.1. The summed E-state index contributed by atoms with van der Waals surface area (Å²) in [5.41, 5.74) is 1.24. The number of anilines is 1. The summed E-state index contributed by atoms with van der Waals surface area (Å²) >= 11 is 0. The Kier molecular flexibility index (Phi) is 6.31. The smallest absolute Gasteiger partial charge is 0.392 e. The fourth-order valence-electron chi connectivity index (χ4n) is 4.04. The molecule has 1 fully saturated rings. The molecule has 8 nitrogen and oxygen atoms in total.